The lowest BCUT2D eigenvalue weighted by Crippen LogP contribution is -2.53. The number of nitrogens with zero attached hydrogens (tertiary/aromatic N) is 3. The monoisotopic (exact) mass is 693 g/mol. The van der Waals surface area contributed by atoms with Gasteiger partial charge in [0.15, 0.2) is 0 Å². The maximum Gasteiger partial charge on any atom is 0.642 e. The highest BCUT2D eigenvalue weighted by molar-refractivity contribution is 14.1. The van der Waals surface area contributed by atoms with Crippen LogP contribution in [0.5, 0.6) is 5.75 Å². The van der Waals surface area contributed by atoms with Crippen LogP contribution in [0.1, 0.15) is 27.8 Å². The lowest BCUT2D eigenvalue weighted by molar-refractivity contribution is -0.291. The molecule has 216 valence electrons. The fourth-order valence-electron chi connectivity index (χ4n) is 6.89. The molecule has 3 aliphatic rings. The first-order chi connectivity index (χ1) is 21.4. The minimum atomic E-state index is -4.38. The molecule has 0 atom stereocenters. The molecule has 2 aliphatic heterocycles. The maximum atomic E-state index is 17.8. The van der Waals surface area contributed by atoms with Crippen molar-refractivity contribution in [2.75, 3.05) is 7.11 Å². The van der Waals surface area contributed by atoms with E-state index < -0.39 is 6.97 Å². The number of halogens is 3. The second-order valence-corrected chi connectivity index (χ2v) is 12.5. The van der Waals surface area contributed by atoms with Crippen molar-refractivity contribution < 1.29 is 17.9 Å². The van der Waals surface area contributed by atoms with Gasteiger partial charge in [-0.05, 0) is 93.4 Å². The zero-order valence-electron chi connectivity index (χ0n) is 24.2. The topological polar surface area (TPSA) is 29.5 Å². The molecule has 0 bridgehead atoms. The van der Waals surface area contributed by atoms with Crippen molar-refractivity contribution in [3.63, 3.8) is 0 Å². The average molecular weight is 693 g/mol. The molecule has 0 spiro atoms. The second kappa shape index (κ2) is 10.1. The van der Waals surface area contributed by atoms with Crippen molar-refractivity contribution in [3.05, 3.63) is 135 Å². The van der Waals surface area contributed by atoms with Crippen molar-refractivity contribution in [3.8, 4) is 28.1 Å². The maximum absolute atomic E-state index is 17.8. The summed E-state index contributed by atoms with van der Waals surface area (Å²) < 4.78 is 44.3. The molecule has 0 saturated carbocycles. The van der Waals surface area contributed by atoms with Gasteiger partial charge in [-0.25, -0.2) is 0 Å². The third-order valence-corrected chi connectivity index (χ3v) is 9.95. The third kappa shape index (κ3) is 3.93. The standard InChI is InChI=1S/C36H27BF2IN3O/c1-22-13-15-25(16-14-22)33-32(40)31(24-11-7-4-8-12-24)36-41-35-30(23-9-5-3-6-10-23)29-19-17-26-21-27(44-2)18-20-28(26)34(29)43(35)37(38,39)42(33)36/h3-16,18,20-21H,17,19H2,1-2H3. The minimum Gasteiger partial charge on any atom is -0.497 e. The highest BCUT2D eigenvalue weighted by Gasteiger charge is 2.56. The van der Waals surface area contributed by atoms with Crippen molar-refractivity contribution in [1.82, 2.24) is 4.48 Å². The first-order valence-corrected chi connectivity index (χ1v) is 15.8. The Kier molecular flexibility index (Phi) is 6.27. The molecule has 0 N–H and O–H groups in total. The number of aryl methyl sites for hydroxylation is 2. The van der Waals surface area contributed by atoms with Crippen molar-refractivity contribution in [1.29, 1.82) is 0 Å². The highest BCUT2D eigenvalue weighted by Crippen LogP contribution is 2.52. The second-order valence-electron chi connectivity index (χ2n) is 11.4. The summed E-state index contributed by atoms with van der Waals surface area (Å²) in [6.45, 7) is -2.38. The molecular weight excluding hydrogens is 666 g/mol. The molecule has 3 heterocycles. The Balaban J connectivity index is 1.50. The summed E-state index contributed by atoms with van der Waals surface area (Å²) in [6, 6.07) is 33.2. The number of hydrogen-bond donors (Lipinski definition) is 0. The predicted molar refractivity (Wildman–Crippen MR) is 183 cm³/mol. The van der Waals surface area contributed by atoms with Crippen molar-refractivity contribution >= 4 is 52.5 Å². The van der Waals surface area contributed by atoms with Crippen molar-refractivity contribution in [2.45, 2.75) is 19.8 Å². The molecule has 5 aromatic rings. The zero-order valence-corrected chi connectivity index (χ0v) is 26.3. The van der Waals surface area contributed by atoms with Crippen molar-refractivity contribution in [2.24, 2.45) is 4.99 Å². The number of aliphatic imine (C=N–C) groups is 1. The summed E-state index contributed by atoms with van der Waals surface area (Å²) in [6.07, 6.45) is 1.36. The van der Waals surface area contributed by atoms with Gasteiger partial charge in [0, 0.05) is 11.3 Å². The molecule has 0 amide bonds. The first kappa shape index (κ1) is 27.3. The summed E-state index contributed by atoms with van der Waals surface area (Å²) >= 11 is 2.24. The first-order valence-electron chi connectivity index (χ1n) is 14.7. The van der Waals surface area contributed by atoms with Crippen LogP contribution in [-0.2, 0) is 12.8 Å². The molecule has 4 aromatic carbocycles. The average Bonchev–Trinajstić information content (AvgIpc) is 3.55. The number of aromatic nitrogens is 1. The predicted octanol–water partition coefficient (Wildman–Crippen LogP) is 8.87. The van der Waals surface area contributed by atoms with Crippen LogP contribution in [0, 0.1) is 6.92 Å². The lowest BCUT2D eigenvalue weighted by Gasteiger charge is -2.33. The number of benzene rings is 4. The Labute approximate surface area is 268 Å². The van der Waals surface area contributed by atoms with E-state index in [0.29, 0.717) is 23.6 Å². The van der Waals surface area contributed by atoms with Crippen LogP contribution in [-0.4, -0.2) is 34.6 Å². The van der Waals surface area contributed by atoms with Gasteiger partial charge in [0.25, 0.3) is 5.84 Å². The van der Waals surface area contributed by atoms with Gasteiger partial charge in [-0.3, -0.25) is 0 Å². The summed E-state index contributed by atoms with van der Waals surface area (Å²) in [5, 5.41) is 0. The molecule has 0 radical (unpaired) electrons. The van der Waals surface area contributed by atoms with Gasteiger partial charge in [0.2, 0.25) is 5.82 Å². The number of fused-ring (bicyclic) bond motifs is 6. The molecule has 1 aliphatic carbocycles. The van der Waals surface area contributed by atoms with Gasteiger partial charge in [0.1, 0.15) is 11.5 Å². The van der Waals surface area contributed by atoms with Gasteiger partial charge in [-0.2, -0.15) is 0 Å². The van der Waals surface area contributed by atoms with E-state index in [-0.39, 0.29) is 5.84 Å². The van der Waals surface area contributed by atoms with Gasteiger partial charge in [-0.1, -0.05) is 90.5 Å². The molecule has 4 nitrogen and oxygen atoms in total. The smallest absolute Gasteiger partial charge is 0.497 e. The number of hydrogen-bond acceptors (Lipinski definition) is 2. The Morgan fingerprint density at radius 3 is 2.20 bits per heavy atom. The van der Waals surface area contributed by atoms with Gasteiger partial charge >= 0.3 is 6.97 Å². The Morgan fingerprint density at radius 1 is 0.841 bits per heavy atom. The van der Waals surface area contributed by atoms with E-state index in [1.54, 1.807) is 7.11 Å². The number of ether oxygens (including phenoxy) is 1. The van der Waals surface area contributed by atoms with Gasteiger partial charge in [0.05, 0.1) is 21.8 Å². The van der Waals surface area contributed by atoms with Crippen LogP contribution in [0.15, 0.2) is 112 Å². The van der Waals surface area contributed by atoms with E-state index in [1.165, 1.54) is 8.96 Å². The molecule has 0 fully saturated rings. The van der Waals surface area contributed by atoms with Crippen LogP contribution in [0.2, 0.25) is 0 Å². The van der Waals surface area contributed by atoms with E-state index in [2.05, 4.69) is 22.6 Å². The molecule has 0 unspecified atom stereocenters. The quantitative estimate of drug-likeness (QED) is 0.137. The summed E-state index contributed by atoms with van der Waals surface area (Å²) in [5.74, 6) is 1.32. The number of allylic oxidation sites excluding steroid dienone is 1. The SMILES string of the molecule is COc1ccc2c(c1)CCc1c(-c3ccccc3)c3n(c1-2)[B-](F)(F)[N+]1=C(c2ccc(C)cc2)C(I)=C(c2ccccc2)C1=N3. The van der Waals surface area contributed by atoms with Crippen LogP contribution in [0.25, 0.3) is 28.0 Å². The largest absolute Gasteiger partial charge is 0.642 e. The number of amidine groups is 1. The third-order valence-electron chi connectivity index (χ3n) is 8.90. The van der Waals surface area contributed by atoms with Crippen LogP contribution in [0.3, 0.4) is 0 Å². The minimum absolute atomic E-state index is 0.288. The summed E-state index contributed by atoms with van der Waals surface area (Å²) in [4.78, 5) is 5.23. The molecule has 44 heavy (non-hydrogen) atoms. The zero-order chi connectivity index (χ0) is 30.2. The normalized spacial score (nSPS) is 16.2. The summed E-state index contributed by atoms with van der Waals surface area (Å²) in [5.41, 5.74) is 8.79. The molecule has 8 rings (SSSR count). The Hall–Kier alpha value is -4.31. The Morgan fingerprint density at radius 2 is 1.52 bits per heavy atom. The highest BCUT2D eigenvalue weighted by atomic mass is 127. The molecule has 1 aromatic heterocycles. The molecular formula is C36H27BF2IN3O. The van der Waals surface area contributed by atoms with E-state index >= 15 is 8.63 Å². The van der Waals surface area contributed by atoms with E-state index in [0.717, 1.165) is 65.8 Å². The molecule has 0 saturated heterocycles. The van der Waals surface area contributed by atoms with Crippen LogP contribution in [0.4, 0.5) is 14.4 Å². The van der Waals surface area contributed by atoms with Crippen LogP contribution < -0.4 is 4.74 Å². The lowest BCUT2D eigenvalue weighted by atomic mass is 9.85. The number of methoxy groups -OCH3 is 1. The van der Waals surface area contributed by atoms with Gasteiger partial charge < -0.3 is 22.3 Å². The van der Waals surface area contributed by atoms with E-state index in [1.807, 2.05) is 110 Å². The van der Waals surface area contributed by atoms with Gasteiger partial charge in [-0.15, -0.1) is 0 Å². The number of rotatable bonds is 4. The molecule has 8 heteroatoms. The van der Waals surface area contributed by atoms with E-state index in [9.17, 15) is 0 Å². The fraction of sp³-hybridized carbons (Fsp3) is 0.111. The fourth-order valence-corrected chi connectivity index (χ4v) is 8.01. The Bertz CT molecular complexity index is 2080. The van der Waals surface area contributed by atoms with E-state index in [4.69, 9.17) is 9.73 Å². The van der Waals surface area contributed by atoms with Crippen LogP contribution >= 0.6 is 22.6 Å². The summed E-state index contributed by atoms with van der Waals surface area (Å²) in [7, 11) is 1.63.